The van der Waals surface area contributed by atoms with Crippen LogP contribution in [0.25, 0.3) is 11.2 Å². The number of fused-ring (bicyclic) bond motifs is 1. The Balaban J connectivity index is 2.42. The van der Waals surface area contributed by atoms with Crippen molar-refractivity contribution >= 4 is 35.4 Å². The molecule has 0 fully saturated rings. The molecular formula is C15H25BrN4O3Si. The number of hydrogen-bond acceptors (Lipinski definition) is 4. The predicted molar refractivity (Wildman–Crippen MR) is 101 cm³/mol. The van der Waals surface area contributed by atoms with Crippen LogP contribution in [0, 0.1) is 0 Å². The van der Waals surface area contributed by atoms with Crippen LogP contribution in [0.1, 0.15) is 27.7 Å². The Kier molecular flexibility index (Phi) is 5.00. The molecule has 0 saturated heterocycles. The molecule has 1 N–H and O–H groups in total. The summed E-state index contributed by atoms with van der Waals surface area (Å²) >= 11 is 3.30. The molecule has 9 heteroatoms. The SMILES string of the molecule is CC(Cn1c(=O)[nH]c(=O)c2c1nc(Br)n2C)O[Si](C)(C)C(C)(C)C. The lowest BCUT2D eigenvalue weighted by atomic mass is 10.2. The molecule has 134 valence electrons. The van der Waals surface area contributed by atoms with Crippen LogP contribution in [-0.4, -0.2) is 33.5 Å². The normalized spacial score (nSPS) is 14.3. The van der Waals surface area contributed by atoms with Crippen LogP contribution in [0.2, 0.25) is 18.1 Å². The zero-order valence-corrected chi connectivity index (χ0v) is 17.8. The van der Waals surface area contributed by atoms with E-state index in [2.05, 4.69) is 59.8 Å². The van der Waals surface area contributed by atoms with Crippen LogP contribution < -0.4 is 11.2 Å². The highest BCUT2D eigenvalue weighted by atomic mass is 79.9. The van der Waals surface area contributed by atoms with Gasteiger partial charge in [-0.15, -0.1) is 0 Å². The van der Waals surface area contributed by atoms with E-state index in [0.29, 0.717) is 22.4 Å². The van der Waals surface area contributed by atoms with Crippen LogP contribution in [-0.2, 0) is 18.0 Å². The van der Waals surface area contributed by atoms with Crippen molar-refractivity contribution in [1.82, 2.24) is 19.1 Å². The van der Waals surface area contributed by atoms with Crippen molar-refractivity contribution < 1.29 is 4.43 Å². The molecule has 0 aliphatic carbocycles. The Morgan fingerprint density at radius 1 is 1.33 bits per heavy atom. The van der Waals surface area contributed by atoms with Gasteiger partial charge in [0.1, 0.15) is 0 Å². The first-order valence-electron chi connectivity index (χ1n) is 7.88. The summed E-state index contributed by atoms with van der Waals surface area (Å²) in [6.45, 7) is 13.1. The first-order valence-corrected chi connectivity index (χ1v) is 11.6. The first-order chi connectivity index (χ1) is 10.8. The summed E-state index contributed by atoms with van der Waals surface area (Å²) in [5.74, 6) is 0. The van der Waals surface area contributed by atoms with E-state index in [4.69, 9.17) is 4.43 Å². The maximum Gasteiger partial charge on any atom is 0.330 e. The van der Waals surface area contributed by atoms with Crippen LogP contribution in [0.15, 0.2) is 14.3 Å². The first kappa shape index (κ1) is 19.1. The zero-order chi connectivity index (χ0) is 18.4. The maximum absolute atomic E-state index is 12.3. The monoisotopic (exact) mass is 416 g/mol. The predicted octanol–water partition coefficient (Wildman–Crippen LogP) is 2.60. The Labute approximate surface area is 150 Å². The summed E-state index contributed by atoms with van der Waals surface area (Å²) in [6, 6.07) is 0. The minimum Gasteiger partial charge on any atom is -0.412 e. The highest BCUT2D eigenvalue weighted by Gasteiger charge is 2.38. The number of hydrogen-bond donors (Lipinski definition) is 1. The molecule has 0 aliphatic rings. The van der Waals surface area contributed by atoms with Crippen molar-refractivity contribution in [2.45, 2.75) is 58.5 Å². The van der Waals surface area contributed by atoms with Crippen LogP contribution in [0.5, 0.6) is 0 Å². The third-order valence-corrected chi connectivity index (χ3v) is 10.0. The van der Waals surface area contributed by atoms with E-state index in [0.717, 1.165) is 0 Å². The summed E-state index contributed by atoms with van der Waals surface area (Å²) in [5.41, 5.74) is -0.182. The van der Waals surface area contributed by atoms with Crippen LogP contribution in [0.4, 0.5) is 0 Å². The van der Waals surface area contributed by atoms with Crippen molar-refractivity contribution in [3.8, 4) is 0 Å². The van der Waals surface area contributed by atoms with E-state index < -0.39 is 19.6 Å². The second kappa shape index (κ2) is 6.27. The number of aromatic nitrogens is 4. The number of aromatic amines is 1. The van der Waals surface area contributed by atoms with Gasteiger partial charge in [-0.1, -0.05) is 20.8 Å². The van der Waals surface area contributed by atoms with E-state index in [-0.39, 0.29) is 11.1 Å². The molecule has 2 rings (SSSR count). The lowest BCUT2D eigenvalue weighted by Crippen LogP contribution is -2.45. The lowest BCUT2D eigenvalue weighted by Gasteiger charge is -2.38. The van der Waals surface area contributed by atoms with Crippen molar-refractivity contribution in [2.24, 2.45) is 7.05 Å². The molecule has 2 aromatic rings. The molecule has 0 saturated carbocycles. The van der Waals surface area contributed by atoms with Gasteiger partial charge in [0.2, 0.25) is 0 Å². The molecule has 0 bridgehead atoms. The van der Waals surface area contributed by atoms with Gasteiger partial charge in [-0.25, -0.2) is 9.78 Å². The fraction of sp³-hybridized carbons (Fsp3) is 0.667. The molecule has 0 radical (unpaired) electrons. The zero-order valence-electron chi connectivity index (χ0n) is 15.2. The highest BCUT2D eigenvalue weighted by molar-refractivity contribution is 9.10. The van der Waals surface area contributed by atoms with Gasteiger partial charge in [0.05, 0.1) is 12.6 Å². The Hall–Kier alpha value is -1.19. The van der Waals surface area contributed by atoms with Crippen LogP contribution in [0.3, 0.4) is 0 Å². The molecule has 0 aromatic carbocycles. The molecular weight excluding hydrogens is 392 g/mol. The summed E-state index contributed by atoms with van der Waals surface area (Å²) in [6.07, 6.45) is -0.168. The van der Waals surface area contributed by atoms with E-state index in [1.54, 1.807) is 11.6 Å². The number of aryl methyl sites for hydroxylation is 1. The topological polar surface area (TPSA) is 81.9 Å². The van der Waals surface area contributed by atoms with Gasteiger partial charge in [-0.05, 0) is 41.0 Å². The lowest BCUT2D eigenvalue weighted by molar-refractivity contribution is 0.178. The van der Waals surface area contributed by atoms with E-state index in [9.17, 15) is 9.59 Å². The second-order valence-corrected chi connectivity index (χ2v) is 13.1. The van der Waals surface area contributed by atoms with E-state index in [1.807, 2.05) is 6.92 Å². The Morgan fingerprint density at radius 3 is 2.46 bits per heavy atom. The quantitative estimate of drug-likeness (QED) is 0.613. The third-order valence-electron chi connectivity index (χ3n) is 4.70. The van der Waals surface area contributed by atoms with Crippen molar-refractivity contribution in [3.05, 3.63) is 25.6 Å². The van der Waals surface area contributed by atoms with Gasteiger partial charge in [-0.2, -0.15) is 0 Å². The summed E-state index contributed by atoms with van der Waals surface area (Å²) < 4.78 is 9.90. The van der Waals surface area contributed by atoms with Crippen molar-refractivity contribution in [2.75, 3.05) is 0 Å². The molecule has 2 aromatic heterocycles. The smallest absolute Gasteiger partial charge is 0.330 e. The number of rotatable bonds is 4. The van der Waals surface area contributed by atoms with Crippen molar-refractivity contribution in [1.29, 1.82) is 0 Å². The number of H-pyrrole nitrogens is 1. The molecule has 0 aliphatic heterocycles. The average molecular weight is 417 g/mol. The van der Waals surface area contributed by atoms with Crippen LogP contribution >= 0.6 is 15.9 Å². The van der Waals surface area contributed by atoms with Gasteiger partial charge in [-0.3, -0.25) is 14.3 Å². The second-order valence-electron chi connectivity index (χ2n) is 7.67. The third kappa shape index (κ3) is 3.43. The summed E-state index contributed by atoms with van der Waals surface area (Å²) in [4.78, 5) is 31.0. The summed E-state index contributed by atoms with van der Waals surface area (Å²) in [5, 5.41) is 0.0839. The standard InChI is InChI=1S/C15H25BrN4O3Si/c1-9(23-24(6,7)15(2,3)4)8-20-11-10(12(21)18-14(20)22)19(5)13(16)17-11/h9H,8H2,1-7H3,(H,18,21,22). The van der Waals surface area contributed by atoms with Gasteiger partial charge in [0.15, 0.2) is 24.2 Å². The Bertz CT molecular complexity index is 876. The fourth-order valence-electron chi connectivity index (χ4n) is 2.36. The van der Waals surface area contributed by atoms with Gasteiger partial charge < -0.3 is 8.99 Å². The average Bonchev–Trinajstić information content (AvgIpc) is 2.69. The molecule has 1 unspecified atom stereocenters. The van der Waals surface area contributed by atoms with E-state index in [1.165, 1.54) is 4.57 Å². The van der Waals surface area contributed by atoms with E-state index >= 15 is 0 Å². The maximum atomic E-state index is 12.3. The molecule has 2 heterocycles. The van der Waals surface area contributed by atoms with Gasteiger partial charge in [0.25, 0.3) is 5.56 Å². The molecule has 0 amide bonds. The molecule has 1 atom stereocenters. The molecule has 0 spiro atoms. The Morgan fingerprint density at radius 2 is 1.92 bits per heavy atom. The molecule has 7 nitrogen and oxygen atoms in total. The number of imidazole rings is 1. The minimum absolute atomic E-state index is 0.0839. The van der Waals surface area contributed by atoms with Gasteiger partial charge >= 0.3 is 5.69 Å². The van der Waals surface area contributed by atoms with Crippen molar-refractivity contribution in [3.63, 3.8) is 0 Å². The number of halogens is 1. The fourth-order valence-corrected chi connectivity index (χ4v) is 4.14. The largest absolute Gasteiger partial charge is 0.412 e. The number of nitrogens with one attached hydrogen (secondary N) is 1. The summed E-state index contributed by atoms with van der Waals surface area (Å²) in [7, 11) is -0.224. The van der Waals surface area contributed by atoms with Gasteiger partial charge in [0, 0.05) is 7.05 Å². The highest BCUT2D eigenvalue weighted by Crippen LogP contribution is 2.37. The number of nitrogens with zero attached hydrogens (tertiary/aromatic N) is 3. The molecule has 24 heavy (non-hydrogen) atoms. The minimum atomic E-state index is -1.95.